The van der Waals surface area contributed by atoms with Gasteiger partial charge >= 0.3 is 0 Å². The average Bonchev–Trinajstić information content (AvgIpc) is 3.58. The lowest BCUT2D eigenvalue weighted by Gasteiger charge is -2.41. The number of pyridine rings is 1. The largest absolute Gasteiger partial charge is 0.475 e. The molecule has 1 spiro atoms. The molecule has 1 unspecified atom stereocenters. The molecule has 2 aliphatic heterocycles. The molecule has 8 nitrogen and oxygen atoms in total. The van der Waals surface area contributed by atoms with E-state index in [9.17, 15) is 9.59 Å². The summed E-state index contributed by atoms with van der Waals surface area (Å²) >= 11 is 0. The molecule has 9 heteroatoms. The molecular formula is C23H26FN5O3. The Balaban J connectivity index is 1.26. The van der Waals surface area contributed by atoms with Crippen molar-refractivity contribution in [3.05, 3.63) is 47.5 Å². The van der Waals surface area contributed by atoms with E-state index < -0.39 is 11.4 Å². The highest BCUT2D eigenvalue weighted by atomic mass is 19.1. The zero-order chi connectivity index (χ0) is 22.5. The first-order chi connectivity index (χ1) is 15.4. The zero-order valence-electron chi connectivity index (χ0n) is 18.2. The van der Waals surface area contributed by atoms with Crippen LogP contribution >= 0.6 is 0 Å². The Labute approximate surface area is 185 Å². The number of fused-ring (bicyclic) bond motifs is 1. The fourth-order valence-corrected chi connectivity index (χ4v) is 4.37. The number of halogens is 1. The van der Waals surface area contributed by atoms with Crippen LogP contribution in [0, 0.1) is 5.82 Å². The highest BCUT2D eigenvalue weighted by molar-refractivity contribution is 6.02. The van der Waals surface area contributed by atoms with Crippen molar-refractivity contribution in [3.63, 3.8) is 0 Å². The molecule has 1 atom stereocenters. The summed E-state index contributed by atoms with van der Waals surface area (Å²) in [5, 5.41) is 5.28. The maximum Gasteiger partial charge on any atom is 0.269 e. The van der Waals surface area contributed by atoms with E-state index in [0.717, 1.165) is 25.3 Å². The molecule has 2 aromatic rings. The van der Waals surface area contributed by atoms with Crippen molar-refractivity contribution < 1.29 is 18.7 Å². The normalized spacial score (nSPS) is 21.5. The Bertz CT molecular complexity index is 1070. The van der Waals surface area contributed by atoms with Gasteiger partial charge in [0.15, 0.2) is 11.4 Å². The van der Waals surface area contributed by atoms with E-state index in [1.165, 1.54) is 0 Å². The number of ether oxygens (including phenoxy) is 1. The van der Waals surface area contributed by atoms with Gasteiger partial charge in [-0.2, -0.15) is 0 Å². The lowest BCUT2D eigenvalue weighted by molar-refractivity contribution is -0.125. The van der Waals surface area contributed by atoms with Crippen molar-refractivity contribution in [2.75, 3.05) is 36.9 Å². The highest BCUT2D eigenvalue weighted by Gasteiger charge is 2.55. The molecule has 0 radical (unpaired) electrons. The van der Waals surface area contributed by atoms with Crippen LogP contribution in [0.3, 0.4) is 0 Å². The summed E-state index contributed by atoms with van der Waals surface area (Å²) in [4.78, 5) is 32.6. The second kappa shape index (κ2) is 7.74. The Morgan fingerprint density at radius 2 is 2.12 bits per heavy atom. The van der Waals surface area contributed by atoms with Gasteiger partial charge in [-0.05, 0) is 25.1 Å². The molecule has 1 aromatic carbocycles. The Morgan fingerprint density at radius 3 is 2.78 bits per heavy atom. The quantitative estimate of drug-likeness (QED) is 0.759. The smallest absolute Gasteiger partial charge is 0.269 e. The van der Waals surface area contributed by atoms with Gasteiger partial charge in [-0.1, -0.05) is 6.07 Å². The Morgan fingerprint density at radius 1 is 1.31 bits per heavy atom. The summed E-state index contributed by atoms with van der Waals surface area (Å²) < 4.78 is 21.0. The van der Waals surface area contributed by atoms with Crippen LogP contribution in [0.4, 0.5) is 15.8 Å². The van der Waals surface area contributed by atoms with E-state index >= 15 is 4.39 Å². The average molecular weight is 439 g/mol. The van der Waals surface area contributed by atoms with Gasteiger partial charge in [0.2, 0.25) is 0 Å². The van der Waals surface area contributed by atoms with Crippen molar-refractivity contribution in [2.24, 2.45) is 0 Å². The lowest BCUT2D eigenvalue weighted by Crippen LogP contribution is -2.51. The summed E-state index contributed by atoms with van der Waals surface area (Å²) in [7, 11) is 1.58. The molecule has 2 fully saturated rings. The molecule has 1 aliphatic carbocycles. The van der Waals surface area contributed by atoms with Gasteiger partial charge in [0, 0.05) is 57.7 Å². The first-order valence-corrected chi connectivity index (χ1v) is 10.9. The first-order valence-electron chi connectivity index (χ1n) is 10.9. The number of piperazine rings is 1. The van der Waals surface area contributed by atoms with Gasteiger partial charge in [-0.25, -0.2) is 9.37 Å². The monoisotopic (exact) mass is 439 g/mol. The van der Waals surface area contributed by atoms with E-state index in [0.29, 0.717) is 36.4 Å². The number of aromatic nitrogens is 1. The fraction of sp³-hybridized carbons (Fsp3) is 0.435. The highest BCUT2D eigenvalue weighted by Crippen LogP contribution is 2.47. The van der Waals surface area contributed by atoms with E-state index in [1.807, 2.05) is 6.07 Å². The molecule has 3 aliphatic rings. The summed E-state index contributed by atoms with van der Waals surface area (Å²) in [6.07, 6.45) is 3.06. The summed E-state index contributed by atoms with van der Waals surface area (Å²) in [5.41, 5.74) is 1.25. The number of carbonyl (C=O) groups is 2. The second-order valence-electron chi connectivity index (χ2n) is 8.71. The third kappa shape index (κ3) is 3.56. The minimum absolute atomic E-state index is 0.151. The van der Waals surface area contributed by atoms with Crippen molar-refractivity contribution >= 4 is 23.2 Å². The van der Waals surface area contributed by atoms with E-state index in [4.69, 9.17) is 4.74 Å². The number of amides is 2. The number of benzene rings is 1. The van der Waals surface area contributed by atoms with Crippen LogP contribution in [0.1, 0.15) is 35.8 Å². The number of nitrogens with zero attached hydrogens (tertiary/aromatic N) is 3. The van der Waals surface area contributed by atoms with Crippen LogP contribution < -0.4 is 20.3 Å². The molecule has 1 saturated heterocycles. The minimum atomic E-state index is -0.779. The standard InChI is InChI=1S/C23H26FN5O3/c1-14-12-29(16-4-5-17(26-11-16)21(30)25-2)10-9-28(14)13-15-3-6-18-20(19(15)24)27-22(31)23(32-18)7-8-23/h3-6,11,14H,7-10,12-13H2,1-2H3,(H,25,30)(H,27,31). The first kappa shape index (κ1) is 20.7. The van der Waals surface area contributed by atoms with E-state index in [-0.39, 0.29) is 23.5 Å². The molecule has 1 saturated carbocycles. The minimum Gasteiger partial charge on any atom is -0.475 e. The third-order valence-corrected chi connectivity index (χ3v) is 6.56. The molecule has 5 rings (SSSR count). The Hall–Kier alpha value is -3.20. The molecule has 32 heavy (non-hydrogen) atoms. The summed E-state index contributed by atoms with van der Waals surface area (Å²) in [6, 6.07) is 7.31. The van der Waals surface area contributed by atoms with Crippen LogP contribution in [0.5, 0.6) is 5.75 Å². The predicted molar refractivity (Wildman–Crippen MR) is 117 cm³/mol. The number of nitrogens with one attached hydrogen (secondary N) is 2. The lowest BCUT2D eigenvalue weighted by atomic mass is 10.1. The maximum absolute atomic E-state index is 15.2. The van der Waals surface area contributed by atoms with Gasteiger partial charge in [0.25, 0.3) is 11.8 Å². The summed E-state index contributed by atoms with van der Waals surface area (Å²) in [6.45, 7) is 4.83. The second-order valence-corrected chi connectivity index (χ2v) is 8.71. The van der Waals surface area contributed by atoms with Gasteiger partial charge in [-0.3, -0.25) is 14.5 Å². The molecule has 168 valence electrons. The molecule has 2 amide bonds. The van der Waals surface area contributed by atoms with Crippen LogP contribution in [0.15, 0.2) is 30.5 Å². The van der Waals surface area contributed by atoms with Gasteiger partial charge in [-0.15, -0.1) is 0 Å². The van der Waals surface area contributed by atoms with Crippen LogP contribution in [0.2, 0.25) is 0 Å². The SMILES string of the molecule is CNC(=O)c1ccc(N2CCN(Cc3ccc4c(c3F)NC(=O)C3(CC3)O4)C(C)C2)cn1. The van der Waals surface area contributed by atoms with Gasteiger partial charge < -0.3 is 20.3 Å². The molecular weight excluding hydrogens is 413 g/mol. The summed E-state index contributed by atoms with van der Waals surface area (Å²) in [5.74, 6) is -0.473. The third-order valence-electron chi connectivity index (χ3n) is 6.56. The van der Waals surface area contributed by atoms with E-state index in [1.54, 1.807) is 31.4 Å². The molecule has 3 heterocycles. The number of hydrogen-bond donors (Lipinski definition) is 2. The van der Waals surface area contributed by atoms with Crippen LogP contribution in [-0.4, -0.2) is 60.0 Å². The van der Waals surface area contributed by atoms with Crippen molar-refractivity contribution in [1.29, 1.82) is 0 Å². The van der Waals surface area contributed by atoms with Crippen molar-refractivity contribution in [1.82, 2.24) is 15.2 Å². The number of anilines is 2. The van der Waals surface area contributed by atoms with Crippen LogP contribution in [0.25, 0.3) is 0 Å². The number of rotatable bonds is 4. The zero-order valence-corrected chi connectivity index (χ0v) is 18.2. The number of hydrogen-bond acceptors (Lipinski definition) is 6. The molecule has 0 bridgehead atoms. The van der Waals surface area contributed by atoms with Gasteiger partial charge in [0.1, 0.15) is 17.1 Å². The fourth-order valence-electron chi connectivity index (χ4n) is 4.37. The van der Waals surface area contributed by atoms with Crippen molar-refractivity contribution in [2.45, 2.75) is 38.0 Å². The number of carbonyl (C=O) groups excluding carboxylic acids is 2. The van der Waals surface area contributed by atoms with Gasteiger partial charge in [0.05, 0.1) is 11.9 Å². The predicted octanol–water partition coefficient (Wildman–Crippen LogP) is 2.15. The van der Waals surface area contributed by atoms with Crippen LogP contribution in [-0.2, 0) is 11.3 Å². The Kier molecular flexibility index (Phi) is 5.00. The van der Waals surface area contributed by atoms with Crippen molar-refractivity contribution in [3.8, 4) is 5.75 Å². The molecule has 2 N–H and O–H groups in total. The topological polar surface area (TPSA) is 86.8 Å². The van der Waals surface area contributed by atoms with E-state index in [2.05, 4.69) is 32.3 Å². The molecule has 1 aromatic heterocycles. The maximum atomic E-state index is 15.2.